The number of rotatable bonds is 4. The zero-order chi connectivity index (χ0) is 16.2. The van der Waals surface area contributed by atoms with Gasteiger partial charge in [-0.1, -0.05) is 12.1 Å². The molecule has 2 N–H and O–H groups in total. The molecular formula is C17H25FN2O2. The highest BCUT2D eigenvalue weighted by molar-refractivity contribution is 5.68. The third-order valence-electron chi connectivity index (χ3n) is 3.64. The maximum atomic E-state index is 13.1. The lowest BCUT2D eigenvalue weighted by Gasteiger charge is -2.21. The highest BCUT2D eigenvalue weighted by atomic mass is 19.1. The molecule has 0 radical (unpaired) electrons. The van der Waals surface area contributed by atoms with Crippen molar-refractivity contribution in [1.29, 1.82) is 0 Å². The quantitative estimate of drug-likeness (QED) is 0.896. The van der Waals surface area contributed by atoms with Gasteiger partial charge < -0.3 is 15.4 Å². The Hall–Kier alpha value is -1.62. The van der Waals surface area contributed by atoms with Crippen LogP contribution in [-0.2, 0) is 11.3 Å². The first-order valence-electron chi connectivity index (χ1n) is 7.79. The summed E-state index contributed by atoms with van der Waals surface area (Å²) in [6.45, 7) is 6.20. The molecule has 1 aliphatic rings. The van der Waals surface area contributed by atoms with Crippen molar-refractivity contribution in [2.75, 3.05) is 0 Å². The standard InChI is InChI=1S/C17H25FN2O2/c1-17(2,3)22-16(21)20-15-8-7-14(10-15)19-11-12-5-4-6-13(18)9-12/h4-6,9,14-15,19H,7-8,10-11H2,1-3H3,(H,20,21). The fourth-order valence-corrected chi connectivity index (χ4v) is 2.68. The minimum Gasteiger partial charge on any atom is -0.444 e. The maximum Gasteiger partial charge on any atom is 0.407 e. The summed E-state index contributed by atoms with van der Waals surface area (Å²) in [4.78, 5) is 11.7. The number of benzene rings is 1. The van der Waals surface area contributed by atoms with E-state index in [0.717, 1.165) is 24.8 Å². The Kier molecular flexibility index (Phi) is 5.40. The molecule has 0 heterocycles. The summed E-state index contributed by atoms with van der Waals surface area (Å²) in [7, 11) is 0. The topological polar surface area (TPSA) is 50.4 Å². The van der Waals surface area contributed by atoms with E-state index in [1.165, 1.54) is 6.07 Å². The van der Waals surface area contributed by atoms with Crippen LogP contribution in [0.3, 0.4) is 0 Å². The van der Waals surface area contributed by atoms with Gasteiger partial charge in [-0.2, -0.15) is 0 Å². The van der Waals surface area contributed by atoms with Crippen LogP contribution in [0, 0.1) is 5.82 Å². The summed E-state index contributed by atoms with van der Waals surface area (Å²) >= 11 is 0. The zero-order valence-electron chi connectivity index (χ0n) is 13.5. The number of hydrogen-bond donors (Lipinski definition) is 2. The van der Waals surface area contributed by atoms with E-state index in [1.807, 2.05) is 26.8 Å². The molecule has 1 aromatic rings. The molecule has 2 rings (SSSR count). The van der Waals surface area contributed by atoms with E-state index in [4.69, 9.17) is 4.74 Å². The molecule has 1 amide bonds. The molecule has 0 aromatic heterocycles. The van der Waals surface area contributed by atoms with Gasteiger partial charge in [-0.05, 0) is 57.7 Å². The lowest BCUT2D eigenvalue weighted by Crippen LogP contribution is -2.38. The van der Waals surface area contributed by atoms with Crippen LogP contribution in [0.15, 0.2) is 24.3 Å². The van der Waals surface area contributed by atoms with E-state index in [-0.39, 0.29) is 18.0 Å². The molecule has 0 spiro atoms. The van der Waals surface area contributed by atoms with E-state index in [1.54, 1.807) is 12.1 Å². The number of carbonyl (C=O) groups is 1. The van der Waals surface area contributed by atoms with Crippen molar-refractivity contribution in [1.82, 2.24) is 10.6 Å². The number of carbonyl (C=O) groups excluding carboxylic acids is 1. The zero-order valence-corrected chi connectivity index (χ0v) is 13.5. The second kappa shape index (κ2) is 7.09. The maximum absolute atomic E-state index is 13.1. The van der Waals surface area contributed by atoms with Crippen LogP contribution in [0.1, 0.15) is 45.6 Å². The number of alkyl carbamates (subject to hydrolysis) is 1. The van der Waals surface area contributed by atoms with Crippen molar-refractivity contribution < 1.29 is 13.9 Å². The van der Waals surface area contributed by atoms with Gasteiger partial charge in [-0.3, -0.25) is 0 Å². The van der Waals surface area contributed by atoms with Crippen LogP contribution in [0.25, 0.3) is 0 Å². The molecule has 22 heavy (non-hydrogen) atoms. The van der Waals surface area contributed by atoms with Gasteiger partial charge in [0.05, 0.1) is 0 Å². The first kappa shape index (κ1) is 16.7. The van der Waals surface area contributed by atoms with Crippen molar-refractivity contribution >= 4 is 6.09 Å². The van der Waals surface area contributed by atoms with Gasteiger partial charge in [-0.25, -0.2) is 9.18 Å². The average molecular weight is 308 g/mol. The summed E-state index contributed by atoms with van der Waals surface area (Å²) in [6.07, 6.45) is 2.44. The molecule has 122 valence electrons. The summed E-state index contributed by atoms with van der Waals surface area (Å²) in [5, 5.41) is 6.33. The smallest absolute Gasteiger partial charge is 0.407 e. The Bertz CT molecular complexity index is 514. The van der Waals surface area contributed by atoms with Crippen molar-refractivity contribution in [2.24, 2.45) is 0 Å². The Morgan fingerprint density at radius 2 is 2.05 bits per heavy atom. The average Bonchev–Trinajstić information content (AvgIpc) is 2.81. The van der Waals surface area contributed by atoms with E-state index in [0.29, 0.717) is 12.6 Å². The molecule has 1 aromatic carbocycles. The first-order valence-corrected chi connectivity index (χ1v) is 7.79. The SMILES string of the molecule is CC(C)(C)OC(=O)NC1CCC(NCc2cccc(F)c2)C1. The third kappa shape index (κ3) is 5.64. The summed E-state index contributed by atoms with van der Waals surface area (Å²) < 4.78 is 18.4. The van der Waals surface area contributed by atoms with Crippen LogP contribution in [0.4, 0.5) is 9.18 Å². The number of nitrogens with one attached hydrogen (secondary N) is 2. The fraction of sp³-hybridized carbons (Fsp3) is 0.588. The molecule has 2 atom stereocenters. The predicted octanol–water partition coefficient (Wildman–Crippen LogP) is 3.36. The molecule has 5 heteroatoms. The first-order chi connectivity index (χ1) is 10.3. The third-order valence-corrected chi connectivity index (χ3v) is 3.64. The second-order valence-corrected chi connectivity index (χ2v) is 6.86. The van der Waals surface area contributed by atoms with E-state index in [2.05, 4.69) is 10.6 Å². The van der Waals surface area contributed by atoms with Gasteiger partial charge in [0.2, 0.25) is 0 Å². The minimum atomic E-state index is -0.474. The van der Waals surface area contributed by atoms with Gasteiger partial charge in [-0.15, -0.1) is 0 Å². The van der Waals surface area contributed by atoms with E-state index in [9.17, 15) is 9.18 Å². The van der Waals surface area contributed by atoms with Crippen LogP contribution in [0.5, 0.6) is 0 Å². The van der Waals surface area contributed by atoms with Crippen molar-refractivity contribution in [3.63, 3.8) is 0 Å². The summed E-state index contributed by atoms with van der Waals surface area (Å²) in [5.41, 5.74) is 0.459. The largest absolute Gasteiger partial charge is 0.444 e. The number of hydrogen-bond acceptors (Lipinski definition) is 3. The lowest BCUT2D eigenvalue weighted by atomic mass is 10.2. The van der Waals surface area contributed by atoms with Gasteiger partial charge >= 0.3 is 6.09 Å². The Morgan fingerprint density at radius 1 is 1.32 bits per heavy atom. The van der Waals surface area contributed by atoms with Crippen molar-refractivity contribution in [3.8, 4) is 0 Å². The van der Waals surface area contributed by atoms with Crippen molar-refractivity contribution in [2.45, 2.75) is 64.3 Å². The van der Waals surface area contributed by atoms with Crippen LogP contribution in [0.2, 0.25) is 0 Å². The van der Waals surface area contributed by atoms with Gasteiger partial charge in [0.15, 0.2) is 0 Å². The molecule has 0 bridgehead atoms. The van der Waals surface area contributed by atoms with Crippen LogP contribution < -0.4 is 10.6 Å². The molecule has 1 aliphatic carbocycles. The van der Waals surface area contributed by atoms with Crippen LogP contribution >= 0.6 is 0 Å². The number of halogens is 1. The molecule has 0 saturated heterocycles. The second-order valence-electron chi connectivity index (χ2n) is 6.86. The Morgan fingerprint density at radius 3 is 2.73 bits per heavy atom. The van der Waals surface area contributed by atoms with E-state index < -0.39 is 5.60 Å². The Balaban J connectivity index is 1.72. The summed E-state index contributed by atoms with van der Waals surface area (Å²) in [5.74, 6) is -0.213. The van der Waals surface area contributed by atoms with E-state index >= 15 is 0 Å². The fourth-order valence-electron chi connectivity index (χ4n) is 2.68. The number of ether oxygens (including phenoxy) is 1. The molecule has 4 nitrogen and oxygen atoms in total. The molecule has 2 unspecified atom stereocenters. The number of amides is 1. The van der Waals surface area contributed by atoms with Crippen molar-refractivity contribution in [3.05, 3.63) is 35.6 Å². The highest BCUT2D eigenvalue weighted by Gasteiger charge is 2.27. The minimum absolute atomic E-state index is 0.139. The Labute approximate surface area is 131 Å². The summed E-state index contributed by atoms with van der Waals surface area (Å²) in [6, 6.07) is 7.08. The highest BCUT2D eigenvalue weighted by Crippen LogP contribution is 2.20. The predicted molar refractivity (Wildman–Crippen MR) is 84.0 cm³/mol. The van der Waals surface area contributed by atoms with Crippen LogP contribution in [-0.4, -0.2) is 23.8 Å². The van der Waals surface area contributed by atoms with Gasteiger partial charge in [0.25, 0.3) is 0 Å². The van der Waals surface area contributed by atoms with Gasteiger partial charge in [0, 0.05) is 18.6 Å². The normalized spacial score (nSPS) is 21.6. The van der Waals surface area contributed by atoms with Gasteiger partial charge in [0.1, 0.15) is 11.4 Å². The molecular weight excluding hydrogens is 283 g/mol. The molecule has 0 aliphatic heterocycles. The monoisotopic (exact) mass is 308 g/mol. The molecule has 1 saturated carbocycles. The lowest BCUT2D eigenvalue weighted by molar-refractivity contribution is 0.0505. The molecule has 1 fully saturated rings.